The van der Waals surface area contributed by atoms with E-state index in [1.807, 2.05) is 54.8 Å². The minimum Gasteiger partial charge on any atom is -0.493 e. The van der Waals surface area contributed by atoms with E-state index >= 15 is 0 Å². The number of amides is 1. The Morgan fingerprint density at radius 3 is 2.64 bits per heavy atom. The average Bonchev–Trinajstić information content (AvgIpc) is 3.04. The first kappa shape index (κ1) is 16.8. The Labute approximate surface area is 146 Å². The molecule has 0 saturated heterocycles. The van der Waals surface area contributed by atoms with Crippen molar-refractivity contribution in [2.24, 2.45) is 0 Å². The molecule has 2 aromatic heterocycles. The molecule has 0 aliphatic rings. The molecule has 6 heteroatoms. The monoisotopic (exact) mass is 339 g/mol. The molecule has 1 amide bonds. The molecule has 130 valence electrons. The van der Waals surface area contributed by atoms with Gasteiger partial charge in [0.1, 0.15) is 11.3 Å². The van der Waals surface area contributed by atoms with E-state index < -0.39 is 0 Å². The first-order valence-electron chi connectivity index (χ1n) is 8.00. The number of benzene rings is 1. The smallest absolute Gasteiger partial charge is 0.271 e. The van der Waals surface area contributed by atoms with Gasteiger partial charge in [0.25, 0.3) is 5.91 Å². The van der Waals surface area contributed by atoms with E-state index in [4.69, 9.17) is 9.47 Å². The minimum atomic E-state index is -0.219. The fourth-order valence-electron chi connectivity index (χ4n) is 2.67. The van der Waals surface area contributed by atoms with E-state index in [1.54, 1.807) is 20.4 Å². The van der Waals surface area contributed by atoms with Gasteiger partial charge in [-0.2, -0.15) is 0 Å². The molecule has 25 heavy (non-hydrogen) atoms. The molecule has 1 atom stereocenters. The Bertz CT molecular complexity index is 917. The Hall–Kier alpha value is -3.02. The third-order valence-electron chi connectivity index (χ3n) is 4.10. The number of aryl methyl sites for hydroxylation is 1. The lowest BCUT2D eigenvalue weighted by atomic mass is 10.1. The molecule has 2 heterocycles. The average molecular weight is 339 g/mol. The van der Waals surface area contributed by atoms with Gasteiger partial charge >= 0.3 is 0 Å². The minimum absolute atomic E-state index is 0.196. The summed E-state index contributed by atoms with van der Waals surface area (Å²) >= 11 is 0. The van der Waals surface area contributed by atoms with Crippen molar-refractivity contribution in [2.75, 3.05) is 14.2 Å². The molecule has 0 spiro atoms. The highest BCUT2D eigenvalue weighted by atomic mass is 16.5. The predicted molar refractivity (Wildman–Crippen MR) is 95.4 cm³/mol. The van der Waals surface area contributed by atoms with Crippen molar-refractivity contribution in [1.82, 2.24) is 14.7 Å². The highest BCUT2D eigenvalue weighted by Crippen LogP contribution is 2.29. The third kappa shape index (κ3) is 3.42. The first-order chi connectivity index (χ1) is 12.0. The highest BCUT2D eigenvalue weighted by Gasteiger charge is 2.16. The van der Waals surface area contributed by atoms with Gasteiger partial charge in [-0.25, -0.2) is 4.98 Å². The van der Waals surface area contributed by atoms with E-state index in [1.165, 1.54) is 0 Å². The van der Waals surface area contributed by atoms with Crippen LogP contribution in [0.3, 0.4) is 0 Å². The molecular formula is C19H21N3O3. The number of fused-ring (bicyclic) bond motifs is 1. The molecule has 0 fully saturated rings. The zero-order chi connectivity index (χ0) is 18.0. The molecule has 3 aromatic rings. The fourth-order valence-corrected chi connectivity index (χ4v) is 2.67. The first-order valence-corrected chi connectivity index (χ1v) is 8.00. The van der Waals surface area contributed by atoms with Crippen molar-refractivity contribution in [3.05, 3.63) is 59.5 Å². The van der Waals surface area contributed by atoms with Crippen LogP contribution in [0.25, 0.3) is 5.65 Å². The summed E-state index contributed by atoms with van der Waals surface area (Å²) in [5, 5.41) is 2.97. The van der Waals surface area contributed by atoms with Crippen molar-refractivity contribution < 1.29 is 14.3 Å². The highest BCUT2D eigenvalue weighted by molar-refractivity contribution is 5.93. The summed E-state index contributed by atoms with van der Waals surface area (Å²) in [6.07, 6.45) is 3.62. The number of aromatic nitrogens is 2. The summed E-state index contributed by atoms with van der Waals surface area (Å²) in [4.78, 5) is 16.9. The summed E-state index contributed by atoms with van der Waals surface area (Å²) < 4.78 is 12.4. The molecule has 0 aliphatic carbocycles. The number of pyridine rings is 1. The number of ether oxygens (including phenoxy) is 2. The van der Waals surface area contributed by atoms with Crippen LogP contribution < -0.4 is 14.8 Å². The maximum Gasteiger partial charge on any atom is 0.271 e. The van der Waals surface area contributed by atoms with Crippen molar-refractivity contribution in [1.29, 1.82) is 0 Å². The molecule has 3 rings (SSSR count). The third-order valence-corrected chi connectivity index (χ3v) is 4.10. The lowest BCUT2D eigenvalue weighted by molar-refractivity contribution is 0.0935. The summed E-state index contributed by atoms with van der Waals surface area (Å²) in [5.41, 5.74) is 3.16. The molecule has 6 nitrogen and oxygen atoms in total. The van der Waals surface area contributed by atoms with Gasteiger partial charge < -0.3 is 19.2 Å². The number of nitrogens with zero attached hydrogens (tertiary/aromatic N) is 2. The summed E-state index contributed by atoms with van der Waals surface area (Å²) in [6.45, 7) is 3.91. The zero-order valence-corrected chi connectivity index (χ0v) is 14.7. The molecule has 0 aliphatic heterocycles. The standard InChI is InChI=1S/C19H21N3O3/c1-12-7-8-22-11-15(21-18(22)9-12)19(23)20-13(2)14-5-6-16(24-3)17(10-14)25-4/h5-11,13H,1-4H3,(H,20,23)/t13-/m0/s1. The second-order valence-corrected chi connectivity index (χ2v) is 5.91. The topological polar surface area (TPSA) is 64.9 Å². The van der Waals surface area contributed by atoms with Crippen LogP contribution in [0.1, 0.15) is 34.6 Å². The second-order valence-electron chi connectivity index (χ2n) is 5.91. The number of carbonyl (C=O) groups excluding carboxylic acids is 1. The quantitative estimate of drug-likeness (QED) is 0.775. The van der Waals surface area contributed by atoms with Crippen LogP contribution in [0.15, 0.2) is 42.7 Å². The molecule has 0 bridgehead atoms. The van der Waals surface area contributed by atoms with Crippen LogP contribution in [-0.2, 0) is 0 Å². The molecule has 0 unspecified atom stereocenters. The van der Waals surface area contributed by atoms with Crippen molar-refractivity contribution in [3.8, 4) is 11.5 Å². The van der Waals surface area contributed by atoms with Crippen molar-refractivity contribution in [2.45, 2.75) is 19.9 Å². The van der Waals surface area contributed by atoms with E-state index in [0.717, 1.165) is 16.8 Å². The molecule has 1 N–H and O–H groups in total. The van der Waals surface area contributed by atoms with E-state index in [2.05, 4.69) is 10.3 Å². The number of imidazole rings is 1. The Kier molecular flexibility index (Phi) is 4.61. The zero-order valence-electron chi connectivity index (χ0n) is 14.7. The van der Waals surface area contributed by atoms with Gasteiger partial charge in [0.2, 0.25) is 0 Å². The molecule has 0 radical (unpaired) electrons. The fraction of sp³-hybridized carbons (Fsp3) is 0.263. The predicted octanol–water partition coefficient (Wildman–Crippen LogP) is 3.15. The normalized spacial score (nSPS) is 12.0. The van der Waals surface area contributed by atoms with Gasteiger partial charge in [0, 0.05) is 12.4 Å². The van der Waals surface area contributed by atoms with E-state index in [0.29, 0.717) is 17.2 Å². The Balaban J connectivity index is 1.79. The van der Waals surface area contributed by atoms with E-state index in [9.17, 15) is 4.79 Å². The van der Waals surface area contributed by atoms with Crippen LogP contribution in [0.2, 0.25) is 0 Å². The van der Waals surface area contributed by atoms with Crippen LogP contribution in [0.5, 0.6) is 11.5 Å². The SMILES string of the molecule is COc1ccc([C@H](C)NC(=O)c2cn3ccc(C)cc3n2)cc1OC. The van der Waals surface area contributed by atoms with Crippen molar-refractivity contribution in [3.63, 3.8) is 0 Å². The van der Waals surface area contributed by atoms with Gasteiger partial charge in [0.05, 0.1) is 20.3 Å². The number of methoxy groups -OCH3 is 2. The van der Waals surface area contributed by atoms with Gasteiger partial charge in [-0.05, 0) is 49.2 Å². The number of rotatable bonds is 5. The van der Waals surface area contributed by atoms with Crippen molar-refractivity contribution >= 4 is 11.6 Å². The lowest BCUT2D eigenvalue weighted by Gasteiger charge is -2.16. The summed E-state index contributed by atoms with van der Waals surface area (Å²) in [7, 11) is 3.18. The largest absolute Gasteiger partial charge is 0.493 e. The van der Waals surface area contributed by atoms with Gasteiger partial charge in [0.15, 0.2) is 11.5 Å². The van der Waals surface area contributed by atoms with Gasteiger partial charge in [-0.1, -0.05) is 6.07 Å². The number of hydrogen-bond acceptors (Lipinski definition) is 4. The van der Waals surface area contributed by atoms with Gasteiger partial charge in [-0.15, -0.1) is 0 Å². The Morgan fingerprint density at radius 1 is 1.16 bits per heavy atom. The number of hydrogen-bond donors (Lipinski definition) is 1. The Morgan fingerprint density at radius 2 is 1.92 bits per heavy atom. The van der Waals surface area contributed by atoms with Crippen LogP contribution in [0, 0.1) is 6.92 Å². The maximum absolute atomic E-state index is 12.5. The maximum atomic E-state index is 12.5. The van der Waals surface area contributed by atoms with Crippen LogP contribution in [-0.4, -0.2) is 29.5 Å². The number of nitrogens with one attached hydrogen (secondary N) is 1. The van der Waals surface area contributed by atoms with Crippen LogP contribution >= 0.6 is 0 Å². The van der Waals surface area contributed by atoms with Crippen LogP contribution in [0.4, 0.5) is 0 Å². The number of carbonyl (C=O) groups is 1. The molecule has 0 saturated carbocycles. The lowest BCUT2D eigenvalue weighted by Crippen LogP contribution is -2.26. The summed E-state index contributed by atoms with van der Waals surface area (Å²) in [5.74, 6) is 1.06. The van der Waals surface area contributed by atoms with E-state index in [-0.39, 0.29) is 11.9 Å². The molecule has 1 aromatic carbocycles. The molecular weight excluding hydrogens is 318 g/mol. The van der Waals surface area contributed by atoms with Gasteiger partial charge in [-0.3, -0.25) is 4.79 Å². The second kappa shape index (κ2) is 6.84. The summed E-state index contributed by atoms with van der Waals surface area (Å²) in [6, 6.07) is 9.30.